The summed E-state index contributed by atoms with van der Waals surface area (Å²) in [6.07, 6.45) is 2.19. The van der Waals surface area contributed by atoms with Gasteiger partial charge in [-0.2, -0.15) is 0 Å². The van der Waals surface area contributed by atoms with Gasteiger partial charge in [-0.3, -0.25) is 9.69 Å². The minimum absolute atomic E-state index is 0.283. The van der Waals surface area contributed by atoms with Crippen molar-refractivity contribution in [2.75, 3.05) is 39.3 Å². The van der Waals surface area contributed by atoms with Gasteiger partial charge >= 0.3 is 0 Å². The number of amides is 1. The molecule has 0 radical (unpaired) electrons. The molecule has 0 aromatic heterocycles. The van der Waals surface area contributed by atoms with Crippen molar-refractivity contribution >= 4 is 5.91 Å². The van der Waals surface area contributed by atoms with Crippen molar-refractivity contribution in [3.8, 4) is 0 Å². The first-order valence-electron chi connectivity index (χ1n) is 7.29. The molecule has 0 atom stereocenters. The van der Waals surface area contributed by atoms with Gasteiger partial charge in [-0.05, 0) is 39.8 Å². The third-order valence-corrected chi connectivity index (χ3v) is 3.71. The maximum atomic E-state index is 12.7. The van der Waals surface area contributed by atoms with E-state index in [-0.39, 0.29) is 11.4 Å². The highest BCUT2D eigenvalue weighted by Gasteiger charge is 2.37. The van der Waals surface area contributed by atoms with E-state index in [1.165, 1.54) is 0 Å². The maximum Gasteiger partial charge on any atom is 0.242 e. The van der Waals surface area contributed by atoms with Gasteiger partial charge in [0.1, 0.15) is 0 Å². The highest BCUT2D eigenvalue weighted by atomic mass is 16.2. The molecule has 1 rings (SSSR count). The molecule has 106 valence electrons. The third kappa shape index (κ3) is 3.69. The zero-order valence-corrected chi connectivity index (χ0v) is 12.5. The van der Waals surface area contributed by atoms with E-state index in [4.69, 9.17) is 0 Å². The van der Waals surface area contributed by atoms with Crippen molar-refractivity contribution in [1.29, 1.82) is 0 Å². The van der Waals surface area contributed by atoms with Crippen molar-refractivity contribution in [3.63, 3.8) is 0 Å². The van der Waals surface area contributed by atoms with Gasteiger partial charge in [-0.15, -0.1) is 0 Å². The lowest BCUT2D eigenvalue weighted by atomic mass is 9.99. The number of rotatable bonds is 6. The van der Waals surface area contributed by atoms with Gasteiger partial charge in [-0.1, -0.05) is 13.8 Å². The molecule has 0 saturated carbocycles. The van der Waals surface area contributed by atoms with Gasteiger partial charge in [0.2, 0.25) is 5.91 Å². The van der Waals surface area contributed by atoms with E-state index in [9.17, 15) is 4.79 Å². The SMILES string of the molecule is CCCN(CCC)C(C)(C)C(=O)N1CCNCC1. The molecule has 18 heavy (non-hydrogen) atoms. The van der Waals surface area contributed by atoms with Crippen LogP contribution in [-0.2, 0) is 4.79 Å². The van der Waals surface area contributed by atoms with E-state index in [1.54, 1.807) is 0 Å². The first-order valence-corrected chi connectivity index (χ1v) is 7.29. The number of carbonyl (C=O) groups excluding carboxylic acids is 1. The van der Waals surface area contributed by atoms with Crippen LogP contribution in [0.25, 0.3) is 0 Å². The first-order chi connectivity index (χ1) is 8.54. The molecule has 1 aliphatic heterocycles. The van der Waals surface area contributed by atoms with Gasteiger partial charge in [0.15, 0.2) is 0 Å². The summed E-state index contributed by atoms with van der Waals surface area (Å²) in [7, 11) is 0. The Morgan fingerprint density at radius 1 is 1.17 bits per heavy atom. The van der Waals surface area contributed by atoms with E-state index >= 15 is 0 Å². The minimum atomic E-state index is -0.372. The summed E-state index contributed by atoms with van der Waals surface area (Å²) in [6.45, 7) is 14.0. The zero-order chi connectivity index (χ0) is 13.6. The Morgan fingerprint density at radius 2 is 1.67 bits per heavy atom. The van der Waals surface area contributed by atoms with E-state index in [2.05, 4.69) is 37.9 Å². The molecule has 0 spiro atoms. The summed E-state index contributed by atoms with van der Waals surface area (Å²) in [5.41, 5.74) is -0.372. The Hall–Kier alpha value is -0.610. The Labute approximate surface area is 112 Å². The average molecular weight is 255 g/mol. The quantitative estimate of drug-likeness (QED) is 0.777. The molecular weight excluding hydrogens is 226 g/mol. The molecule has 4 heteroatoms. The van der Waals surface area contributed by atoms with E-state index in [1.807, 2.05) is 4.90 Å². The van der Waals surface area contributed by atoms with Crippen LogP contribution >= 0.6 is 0 Å². The summed E-state index contributed by atoms with van der Waals surface area (Å²) in [5, 5.41) is 3.29. The second kappa shape index (κ2) is 7.10. The highest BCUT2D eigenvalue weighted by molar-refractivity contribution is 5.85. The lowest BCUT2D eigenvalue weighted by Gasteiger charge is -2.41. The first kappa shape index (κ1) is 15.4. The molecule has 1 heterocycles. The molecule has 0 bridgehead atoms. The number of hydrogen-bond acceptors (Lipinski definition) is 3. The van der Waals surface area contributed by atoms with Gasteiger partial charge < -0.3 is 10.2 Å². The second-order valence-electron chi connectivity index (χ2n) is 5.59. The van der Waals surface area contributed by atoms with Crippen LogP contribution in [0, 0.1) is 0 Å². The van der Waals surface area contributed by atoms with Crippen LogP contribution in [-0.4, -0.2) is 60.5 Å². The van der Waals surface area contributed by atoms with Crippen molar-refractivity contribution in [2.45, 2.75) is 46.1 Å². The second-order valence-corrected chi connectivity index (χ2v) is 5.59. The molecule has 1 saturated heterocycles. The Kier molecular flexibility index (Phi) is 6.09. The molecule has 4 nitrogen and oxygen atoms in total. The molecule has 0 unspecified atom stereocenters. The summed E-state index contributed by atoms with van der Waals surface area (Å²) in [6, 6.07) is 0. The molecule has 0 aliphatic carbocycles. The molecular formula is C14H29N3O. The summed E-state index contributed by atoms with van der Waals surface area (Å²) < 4.78 is 0. The molecule has 1 N–H and O–H groups in total. The monoisotopic (exact) mass is 255 g/mol. The van der Waals surface area contributed by atoms with Gasteiger partial charge in [0.25, 0.3) is 0 Å². The fourth-order valence-corrected chi connectivity index (χ4v) is 2.60. The number of carbonyl (C=O) groups is 1. The topological polar surface area (TPSA) is 35.6 Å². The van der Waals surface area contributed by atoms with E-state index < -0.39 is 0 Å². The van der Waals surface area contributed by atoms with Crippen molar-refractivity contribution < 1.29 is 4.79 Å². The average Bonchev–Trinajstić information content (AvgIpc) is 2.38. The zero-order valence-electron chi connectivity index (χ0n) is 12.5. The van der Waals surface area contributed by atoms with Gasteiger partial charge in [0, 0.05) is 26.2 Å². The normalized spacial score (nSPS) is 17.3. The van der Waals surface area contributed by atoms with Crippen LogP contribution in [0.3, 0.4) is 0 Å². The predicted octanol–water partition coefficient (Wildman–Crippen LogP) is 1.32. The standard InChI is InChI=1S/C14H29N3O/c1-5-9-17(10-6-2)14(3,4)13(18)16-11-7-15-8-12-16/h15H,5-12H2,1-4H3. The maximum absolute atomic E-state index is 12.7. The predicted molar refractivity (Wildman–Crippen MR) is 75.7 cm³/mol. The fraction of sp³-hybridized carbons (Fsp3) is 0.929. The molecule has 1 fully saturated rings. The molecule has 1 amide bonds. The Bertz CT molecular complexity index is 254. The van der Waals surface area contributed by atoms with Crippen molar-refractivity contribution in [2.24, 2.45) is 0 Å². The molecule has 1 aliphatic rings. The van der Waals surface area contributed by atoms with E-state index in [0.717, 1.165) is 52.1 Å². The van der Waals surface area contributed by atoms with Crippen LogP contribution in [0.1, 0.15) is 40.5 Å². The third-order valence-electron chi connectivity index (χ3n) is 3.71. The van der Waals surface area contributed by atoms with E-state index in [0.29, 0.717) is 0 Å². The summed E-state index contributed by atoms with van der Waals surface area (Å²) in [5.74, 6) is 0.283. The van der Waals surface area contributed by atoms with Gasteiger partial charge in [-0.25, -0.2) is 0 Å². The van der Waals surface area contributed by atoms with Crippen LogP contribution < -0.4 is 5.32 Å². The molecule has 0 aromatic carbocycles. The van der Waals surface area contributed by atoms with Crippen LogP contribution in [0.4, 0.5) is 0 Å². The number of hydrogen-bond donors (Lipinski definition) is 1. The fourth-order valence-electron chi connectivity index (χ4n) is 2.60. The largest absolute Gasteiger partial charge is 0.339 e. The van der Waals surface area contributed by atoms with Crippen LogP contribution in [0.15, 0.2) is 0 Å². The number of piperazine rings is 1. The molecule has 0 aromatic rings. The lowest BCUT2D eigenvalue weighted by molar-refractivity contribution is -0.143. The van der Waals surface area contributed by atoms with Gasteiger partial charge in [0.05, 0.1) is 5.54 Å². The van der Waals surface area contributed by atoms with Crippen molar-refractivity contribution in [1.82, 2.24) is 15.1 Å². The lowest BCUT2D eigenvalue weighted by Crippen LogP contribution is -2.59. The van der Waals surface area contributed by atoms with Crippen LogP contribution in [0.5, 0.6) is 0 Å². The summed E-state index contributed by atoms with van der Waals surface area (Å²) in [4.78, 5) is 17.0. The Morgan fingerprint density at radius 3 is 2.11 bits per heavy atom. The summed E-state index contributed by atoms with van der Waals surface area (Å²) >= 11 is 0. The number of nitrogens with zero attached hydrogens (tertiary/aromatic N) is 2. The van der Waals surface area contributed by atoms with Crippen molar-refractivity contribution in [3.05, 3.63) is 0 Å². The smallest absolute Gasteiger partial charge is 0.242 e. The number of nitrogens with one attached hydrogen (secondary N) is 1. The highest BCUT2D eigenvalue weighted by Crippen LogP contribution is 2.19. The minimum Gasteiger partial charge on any atom is -0.339 e. The van der Waals surface area contributed by atoms with Crippen LogP contribution in [0.2, 0.25) is 0 Å². The Balaban J connectivity index is 2.70.